The third-order valence-corrected chi connectivity index (χ3v) is 27.8. The number of hydrogen-bond acceptors (Lipinski definition) is 8. The van der Waals surface area contributed by atoms with E-state index in [2.05, 4.69) is 303 Å². The predicted octanol–water partition coefficient (Wildman–Crippen LogP) is 21.5. The summed E-state index contributed by atoms with van der Waals surface area (Å²) in [5.74, 6) is 0. The van der Waals surface area contributed by atoms with Crippen LogP contribution in [0.15, 0.2) is 133 Å². The first-order chi connectivity index (χ1) is 50.9. The minimum atomic E-state index is 0.133. The summed E-state index contributed by atoms with van der Waals surface area (Å²) in [4.78, 5) is 9.97. The van der Waals surface area contributed by atoms with Crippen molar-refractivity contribution in [2.24, 2.45) is 11.5 Å². The molecule has 106 heavy (non-hydrogen) atoms. The maximum atomic E-state index is 6.21. The lowest BCUT2D eigenvalue weighted by atomic mass is 9.50. The summed E-state index contributed by atoms with van der Waals surface area (Å²) in [5, 5.41) is 0. The largest absolute Gasteiger partial charge is 0.399 e. The van der Waals surface area contributed by atoms with E-state index in [4.69, 9.17) is 14.2 Å². The van der Waals surface area contributed by atoms with Gasteiger partial charge in [-0.3, -0.25) is 9.80 Å². The van der Waals surface area contributed by atoms with Crippen LogP contribution in [0.5, 0.6) is 0 Å². The van der Waals surface area contributed by atoms with Crippen molar-refractivity contribution in [2.75, 3.05) is 75.9 Å². The van der Waals surface area contributed by atoms with Crippen LogP contribution in [0.25, 0.3) is 0 Å². The van der Waals surface area contributed by atoms with Crippen molar-refractivity contribution >= 4 is 22.7 Å². The summed E-state index contributed by atoms with van der Waals surface area (Å²) in [6, 6.07) is 51.4. The fourth-order valence-electron chi connectivity index (χ4n) is 22.7. The van der Waals surface area contributed by atoms with Crippen molar-refractivity contribution in [1.29, 1.82) is 0 Å². The molecule has 8 heteroatoms. The van der Waals surface area contributed by atoms with E-state index in [1.807, 2.05) is 0 Å². The SMILES string of the molecule is CC1(C)CC2(CC(C)(C)c3ccc(N)cc32)c2ccccc21.CC12CCC(C)(c3ccccc31)c1cc(N)ccc12.CCN1CN(C)Cc2cc3c(cc21)C1(C)CCC3(C)c2cc(C)c(C)cc21.CCN1CN(C)Cc2cc3c(cc21)C1(CC(C)(C)c2cc(C)c(C)cc21)CC3(C)C.CN.CN.[2H]CC.[2H]CC. The molecule has 2 heterocycles. The van der Waals surface area contributed by atoms with Gasteiger partial charge in [-0.2, -0.15) is 0 Å². The van der Waals surface area contributed by atoms with E-state index in [0.717, 1.165) is 50.9 Å². The summed E-state index contributed by atoms with van der Waals surface area (Å²) < 4.78 is 12.4. The highest BCUT2D eigenvalue weighted by Gasteiger charge is 2.59. The van der Waals surface area contributed by atoms with Crippen molar-refractivity contribution in [3.05, 3.63) is 256 Å². The van der Waals surface area contributed by atoms with Gasteiger partial charge in [0.05, 0.1) is 13.3 Å². The van der Waals surface area contributed by atoms with Crippen LogP contribution in [0, 0.1) is 27.7 Å². The Labute approximate surface area is 645 Å². The van der Waals surface area contributed by atoms with Crippen molar-refractivity contribution < 1.29 is 2.74 Å². The average Bonchev–Trinajstić information content (AvgIpc) is 0.933. The van der Waals surface area contributed by atoms with Gasteiger partial charge in [0, 0.05) is 84.2 Å². The van der Waals surface area contributed by atoms with E-state index in [-0.39, 0.29) is 54.1 Å². The van der Waals surface area contributed by atoms with Crippen LogP contribution in [0.3, 0.4) is 0 Å². The number of benzene rings is 8. The van der Waals surface area contributed by atoms with Crippen molar-refractivity contribution in [2.45, 2.75) is 271 Å². The number of nitrogens with zero attached hydrogens (tertiary/aromatic N) is 4. The number of rotatable bonds is 2. The molecule has 0 saturated carbocycles. The molecule has 6 unspecified atom stereocenters. The van der Waals surface area contributed by atoms with Gasteiger partial charge in [-0.05, 0) is 302 Å². The summed E-state index contributed by atoms with van der Waals surface area (Å²) in [7, 11) is 7.48. The number of nitrogen functional groups attached to an aromatic ring is 2. The molecule has 0 fully saturated rings. The number of hydrogen-bond donors (Lipinski definition) is 4. The molecule has 2 spiro atoms. The minimum absolute atomic E-state index is 0.133. The highest BCUT2D eigenvalue weighted by atomic mass is 15.3. The van der Waals surface area contributed by atoms with Crippen LogP contribution in [-0.2, 0) is 67.2 Å². The summed E-state index contributed by atoms with van der Waals surface area (Å²) in [6.45, 7) is 53.7. The molecule has 568 valence electrons. The van der Waals surface area contributed by atoms with Gasteiger partial charge in [-0.25, -0.2) is 0 Å². The first-order valence-electron chi connectivity index (χ1n) is 41.5. The Bertz CT molecular complexity index is 4670. The minimum Gasteiger partial charge on any atom is -0.399 e. The summed E-state index contributed by atoms with van der Waals surface area (Å²) in [5.41, 5.74) is 61.1. The van der Waals surface area contributed by atoms with Crippen LogP contribution in [-0.4, -0.2) is 64.4 Å². The van der Waals surface area contributed by atoms with Crippen LogP contribution >= 0.6 is 0 Å². The molecule has 0 amide bonds. The second-order valence-corrected chi connectivity index (χ2v) is 36.5. The molecule has 0 radical (unpaired) electrons. The molecule has 2 aliphatic heterocycles. The zero-order chi connectivity index (χ0) is 79.2. The maximum Gasteiger partial charge on any atom is 0.0707 e. The predicted molar refractivity (Wildman–Crippen MR) is 457 cm³/mol. The van der Waals surface area contributed by atoms with E-state index >= 15 is 0 Å². The molecule has 6 atom stereocenters. The molecule has 0 aromatic heterocycles. The summed E-state index contributed by atoms with van der Waals surface area (Å²) >= 11 is 0. The third kappa shape index (κ3) is 12.5. The highest BCUT2D eigenvalue weighted by molar-refractivity contribution is 5.72. The van der Waals surface area contributed by atoms with E-state index in [0.29, 0.717) is 13.8 Å². The lowest BCUT2D eigenvalue weighted by Crippen LogP contribution is -2.47. The molecular formula is C98H136N8. The smallest absolute Gasteiger partial charge is 0.0707 e. The van der Waals surface area contributed by atoms with Crippen molar-refractivity contribution in [3.63, 3.8) is 0 Å². The second kappa shape index (κ2) is 28.7. The standard InChI is InChI=1S/C28H38N2.C25H32N2.C21H25N.C18H19N.2C2H6.2CH5N/c1-9-30-17-29(8)14-20-12-22-24(13-25(20)30)28(16-27(22,6)7)15-26(4,5)21-10-18(2)19(3)11-23(21)28;1-7-27-15-26(6)14-18-12-21-22(13-23(18)27)25(5)9-8-24(21,4)19-10-16(2)17(3)11-20(19)25;1-19(2)12-21(17-8-6-5-7-15(17)19)13-20(3,4)16-10-9-14(22)11-18(16)21;1-17-9-10-18(2,14-6-4-3-5-13(14)17)16-11-12(19)7-8-15(16)17;4*1-2/h10-13H,9,14-17H2,1-8H3;10-13H,7-9,14-15H2,1-6H3;5-11H,12-13,22H2,1-4H3;3-8,11H,9-10,19H2,1-2H3;2*1-2H3;2*2H2,1H3/i;;;;2*1D;;. The van der Waals surface area contributed by atoms with E-state index in [9.17, 15) is 0 Å². The monoisotopic (exact) mass is 1430 g/mol. The lowest BCUT2D eigenvalue weighted by Gasteiger charge is -2.54. The van der Waals surface area contributed by atoms with Gasteiger partial charge < -0.3 is 32.7 Å². The van der Waals surface area contributed by atoms with Crippen LogP contribution in [0.2, 0.25) is 0 Å². The van der Waals surface area contributed by atoms with Gasteiger partial charge in [-0.1, -0.05) is 208 Å². The second-order valence-electron chi connectivity index (χ2n) is 36.5. The van der Waals surface area contributed by atoms with E-state index in [1.54, 1.807) is 58.4 Å². The van der Waals surface area contributed by atoms with Gasteiger partial charge >= 0.3 is 0 Å². The molecule has 0 saturated heterocycles. The van der Waals surface area contributed by atoms with Gasteiger partial charge in [0.25, 0.3) is 0 Å². The maximum absolute atomic E-state index is 6.21. The van der Waals surface area contributed by atoms with Gasteiger partial charge in [-0.15, -0.1) is 0 Å². The lowest BCUT2D eigenvalue weighted by molar-refractivity contribution is 0.304. The zero-order valence-corrected chi connectivity index (χ0v) is 70.1. The van der Waals surface area contributed by atoms with E-state index in [1.165, 1.54) is 155 Å². The topological polar surface area (TPSA) is 117 Å². The summed E-state index contributed by atoms with van der Waals surface area (Å²) in [6.07, 6.45) is 9.78. The zero-order valence-electron chi connectivity index (χ0n) is 72.1. The Morgan fingerprint density at radius 2 is 0.604 bits per heavy atom. The first kappa shape index (κ1) is 77.0. The fourth-order valence-corrected chi connectivity index (χ4v) is 22.7. The Morgan fingerprint density at radius 1 is 0.340 bits per heavy atom. The molecular weight excluding hydrogens is 1290 g/mol. The van der Waals surface area contributed by atoms with Crippen molar-refractivity contribution in [3.8, 4) is 0 Å². The van der Waals surface area contributed by atoms with Gasteiger partial charge in [0.15, 0.2) is 0 Å². The third-order valence-electron chi connectivity index (χ3n) is 27.8. The fraction of sp³-hybridized carbons (Fsp3) is 0.510. The van der Waals surface area contributed by atoms with Crippen LogP contribution < -0.4 is 32.7 Å². The molecule has 8 N–H and O–H groups in total. The number of fused-ring (bicyclic) bond motifs is 12. The quantitative estimate of drug-likeness (QED) is 0.127. The van der Waals surface area contributed by atoms with Gasteiger partial charge in [0.2, 0.25) is 0 Å². The molecule has 8 aromatic carbocycles. The molecule has 20 rings (SSSR count). The Morgan fingerprint density at radius 3 is 1.05 bits per heavy atom. The average molecular weight is 1430 g/mol. The number of anilines is 4. The van der Waals surface area contributed by atoms with E-state index < -0.39 is 0 Å². The molecule has 8 aromatic rings. The Balaban J connectivity index is 0.000000139. The number of aryl methyl sites for hydroxylation is 4. The normalized spacial score (nSPS) is 26.3. The Kier molecular flexibility index (Phi) is 20.8. The molecule has 4 bridgehead atoms. The van der Waals surface area contributed by atoms with Crippen LogP contribution in [0.4, 0.5) is 22.7 Å². The first-order valence-corrected chi connectivity index (χ1v) is 40.1. The number of nitrogens with two attached hydrogens (primary N) is 4. The molecule has 12 aliphatic rings. The molecule has 8 nitrogen and oxygen atoms in total. The Hall–Kier alpha value is -7.20. The van der Waals surface area contributed by atoms with Gasteiger partial charge in [0.1, 0.15) is 0 Å². The molecule has 10 aliphatic carbocycles. The van der Waals surface area contributed by atoms with Crippen LogP contribution in [0.1, 0.15) is 301 Å². The van der Waals surface area contributed by atoms with Crippen molar-refractivity contribution in [1.82, 2.24) is 9.80 Å². The highest BCUT2D eigenvalue weighted by Crippen LogP contribution is 2.67.